The lowest BCUT2D eigenvalue weighted by Crippen LogP contribution is -2.25. The van der Waals surface area contributed by atoms with Gasteiger partial charge in [-0.25, -0.2) is 18.1 Å². The van der Waals surface area contributed by atoms with Crippen molar-refractivity contribution in [2.75, 3.05) is 6.54 Å². The molecule has 0 bridgehead atoms. The number of sulfonamides is 1. The number of carbonyl (C=O) groups is 1. The van der Waals surface area contributed by atoms with E-state index in [-0.39, 0.29) is 16.8 Å². The van der Waals surface area contributed by atoms with Crippen LogP contribution in [0, 0.1) is 0 Å². The summed E-state index contributed by atoms with van der Waals surface area (Å²) in [5.74, 6) is 0.415. The van der Waals surface area contributed by atoms with E-state index in [2.05, 4.69) is 20.0 Å². The maximum atomic E-state index is 12.2. The van der Waals surface area contributed by atoms with Crippen molar-refractivity contribution in [3.8, 4) is 0 Å². The number of amides is 1. The lowest BCUT2D eigenvalue weighted by atomic mass is 10.2. The summed E-state index contributed by atoms with van der Waals surface area (Å²) in [4.78, 5) is 20.0. The average Bonchev–Trinajstić information content (AvgIpc) is 3.11. The first-order valence-corrected chi connectivity index (χ1v) is 10.4. The molecule has 8 heteroatoms. The first kappa shape index (κ1) is 19.8. The molecule has 3 N–H and O–H groups in total. The van der Waals surface area contributed by atoms with Crippen molar-refractivity contribution in [2.24, 2.45) is 0 Å². The van der Waals surface area contributed by atoms with E-state index in [1.165, 1.54) is 18.2 Å². The molecule has 0 aliphatic rings. The third-order valence-corrected chi connectivity index (χ3v) is 5.69. The molecule has 7 nitrogen and oxygen atoms in total. The molecule has 1 amide bonds. The predicted molar refractivity (Wildman–Crippen MR) is 109 cm³/mol. The highest BCUT2D eigenvalue weighted by atomic mass is 32.2. The smallest absolute Gasteiger partial charge is 0.244 e. The zero-order chi connectivity index (χ0) is 20.1. The number of hydrogen-bond donors (Lipinski definition) is 3. The molecule has 3 rings (SSSR count). The molecule has 1 heterocycles. The van der Waals surface area contributed by atoms with Gasteiger partial charge in [0.1, 0.15) is 5.82 Å². The molecule has 1 atom stereocenters. The normalized spacial score (nSPS) is 13.1. The Bertz CT molecular complexity index is 1070. The Balaban J connectivity index is 1.63. The fourth-order valence-electron chi connectivity index (χ4n) is 2.71. The Labute approximate surface area is 163 Å². The highest BCUT2D eigenvalue weighted by Crippen LogP contribution is 2.16. The van der Waals surface area contributed by atoms with Gasteiger partial charge in [0.05, 0.1) is 22.0 Å². The minimum atomic E-state index is -3.48. The SMILES string of the molecule is CCNS(=O)(=O)c1ccc(/C=C/C(=O)NC(C)c2nc3ccccc3[nH]2)cc1. The van der Waals surface area contributed by atoms with Crippen molar-refractivity contribution in [1.29, 1.82) is 0 Å². The number of para-hydroxylation sites is 2. The molecule has 0 saturated carbocycles. The number of nitrogens with one attached hydrogen (secondary N) is 3. The molecule has 1 unspecified atom stereocenters. The highest BCUT2D eigenvalue weighted by Gasteiger charge is 2.13. The van der Waals surface area contributed by atoms with Gasteiger partial charge in [-0.15, -0.1) is 0 Å². The molecule has 1 aromatic heterocycles. The van der Waals surface area contributed by atoms with Gasteiger partial charge in [-0.1, -0.05) is 31.2 Å². The Morgan fingerprint density at radius 2 is 1.89 bits per heavy atom. The number of aromatic amines is 1. The number of rotatable bonds is 7. The van der Waals surface area contributed by atoms with Crippen LogP contribution in [-0.4, -0.2) is 30.8 Å². The molecule has 146 valence electrons. The zero-order valence-corrected chi connectivity index (χ0v) is 16.5. The molecular formula is C20H22N4O3S. The lowest BCUT2D eigenvalue weighted by molar-refractivity contribution is -0.117. The third kappa shape index (κ3) is 4.65. The molecule has 0 saturated heterocycles. The van der Waals surface area contributed by atoms with Crippen LogP contribution < -0.4 is 10.0 Å². The minimum Gasteiger partial charge on any atom is -0.343 e. The maximum absolute atomic E-state index is 12.2. The van der Waals surface area contributed by atoms with E-state index in [0.29, 0.717) is 12.4 Å². The zero-order valence-electron chi connectivity index (χ0n) is 15.6. The summed E-state index contributed by atoms with van der Waals surface area (Å²) >= 11 is 0. The second-order valence-corrected chi connectivity index (χ2v) is 8.04. The van der Waals surface area contributed by atoms with Gasteiger partial charge in [0.25, 0.3) is 0 Å². The Hall–Kier alpha value is -2.97. The van der Waals surface area contributed by atoms with Crippen LogP contribution in [-0.2, 0) is 14.8 Å². The lowest BCUT2D eigenvalue weighted by Gasteiger charge is -2.09. The van der Waals surface area contributed by atoms with Crippen molar-refractivity contribution in [2.45, 2.75) is 24.8 Å². The molecule has 2 aromatic carbocycles. The van der Waals surface area contributed by atoms with Gasteiger partial charge < -0.3 is 10.3 Å². The van der Waals surface area contributed by atoms with Crippen LogP contribution in [0.3, 0.4) is 0 Å². The van der Waals surface area contributed by atoms with Crippen LogP contribution in [0.5, 0.6) is 0 Å². The maximum Gasteiger partial charge on any atom is 0.244 e. The Kier molecular flexibility index (Phi) is 5.91. The van der Waals surface area contributed by atoms with Crippen LogP contribution in [0.2, 0.25) is 0 Å². The second kappa shape index (κ2) is 8.37. The molecule has 3 aromatic rings. The monoisotopic (exact) mass is 398 g/mol. The summed E-state index contributed by atoms with van der Waals surface area (Å²) in [7, 11) is -3.48. The third-order valence-electron chi connectivity index (χ3n) is 4.13. The van der Waals surface area contributed by atoms with Crippen molar-refractivity contribution in [3.63, 3.8) is 0 Å². The van der Waals surface area contributed by atoms with Crippen molar-refractivity contribution < 1.29 is 13.2 Å². The van der Waals surface area contributed by atoms with E-state index in [1.54, 1.807) is 25.1 Å². The topological polar surface area (TPSA) is 104 Å². The Morgan fingerprint density at radius 1 is 1.18 bits per heavy atom. The quantitative estimate of drug-likeness (QED) is 0.532. The van der Waals surface area contributed by atoms with E-state index < -0.39 is 10.0 Å². The molecule has 28 heavy (non-hydrogen) atoms. The average molecular weight is 398 g/mol. The molecular weight excluding hydrogens is 376 g/mol. The summed E-state index contributed by atoms with van der Waals surface area (Å²) in [6.07, 6.45) is 3.04. The van der Waals surface area contributed by atoms with Gasteiger partial charge >= 0.3 is 0 Å². The van der Waals surface area contributed by atoms with E-state index in [4.69, 9.17) is 0 Å². The highest BCUT2D eigenvalue weighted by molar-refractivity contribution is 7.89. The Morgan fingerprint density at radius 3 is 2.57 bits per heavy atom. The standard InChI is InChI=1S/C20H22N4O3S/c1-3-21-28(26,27)16-11-8-15(9-12-16)10-13-19(25)22-14(2)20-23-17-6-4-5-7-18(17)24-20/h4-14,21H,3H2,1-2H3,(H,22,25)(H,23,24)/b13-10+. The van der Waals surface area contributed by atoms with Gasteiger partial charge in [-0.05, 0) is 42.8 Å². The summed E-state index contributed by atoms with van der Waals surface area (Å²) < 4.78 is 26.3. The largest absolute Gasteiger partial charge is 0.343 e. The first-order chi connectivity index (χ1) is 13.4. The van der Waals surface area contributed by atoms with E-state index in [0.717, 1.165) is 16.6 Å². The minimum absolute atomic E-state index is 0.189. The van der Waals surface area contributed by atoms with Gasteiger partial charge in [0.2, 0.25) is 15.9 Å². The summed E-state index contributed by atoms with van der Waals surface area (Å²) in [5, 5.41) is 2.85. The van der Waals surface area contributed by atoms with Gasteiger partial charge in [0, 0.05) is 12.6 Å². The fourth-order valence-corrected chi connectivity index (χ4v) is 3.75. The number of carbonyl (C=O) groups excluding carboxylic acids is 1. The summed E-state index contributed by atoms with van der Waals surface area (Å²) in [6.45, 7) is 3.90. The molecule has 0 radical (unpaired) electrons. The van der Waals surface area contributed by atoms with E-state index in [1.807, 2.05) is 31.2 Å². The predicted octanol–water partition coefficient (Wildman–Crippen LogP) is 2.75. The van der Waals surface area contributed by atoms with Crippen LogP contribution in [0.25, 0.3) is 17.1 Å². The molecule has 0 fully saturated rings. The van der Waals surface area contributed by atoms with Crippen LogP contribution in [0.15, 0.2) is 59.5 Å². The number of fused-ring (bicyclic) bond motifs is 1. The van der Waals surface area contributed by atoms with Crippen LogP contribution >= 0.6 is 0 Å². The first-order valence-electron chi connectivity index (χ1n) is 8.92. The van der Waals surface area contributed by atoms with Crippen molar-refractivity contribution >= 4 is 33.0 Å². The number of H-pyrrole nitrogens is 1. The van der Waals surface area contributed by atoms with E-state index in [9.17, 15) is 13.2 Å². The van der Waals surface area contributed by atoms with Crippen molar-refractivity contribution in [3.05, 3.63) is 66.0 Å². The summed E-state index contributed by atoms with van der Waals surface area (Å²) in [5.41, 5.74) is 2.49. The van der Waals surface area contributed by atoms with Gasteiger partial charge in [-0.3, -0.25) is 4.79 Å². The fraction of sp³-hybridized carbons (Fsp3) is 0.200. The van der Waals surface area contributed by atoms with Gasteiger partial charge in [-0.2, -0.15) is 0 Å². The van der Waals surface area contributed by atoms with Crippen LogP contribution in [0.1, 0.15) is 31.3 Å². The molecule has 0 spiro atoms. The van der Waals surface area contributed by atoms with Crippen molar-refractivity contribution in [1.82, 2.24) is 20.0 Å². The number of aromatic nitrogens is 2. The number of benzene rings is 2. The second-order valence-electron chi connectivity index (χ2n) is 6.27. The molecule has 0 aliphatic carbocycles. The summed E-state index contributed by atoms with van der Waals surface area (Å²) in [6, 6.07) is 13.7. The number of imidazole rings is 1. The van der Waals surface area contributed by atoms with Gasteiger partial charge in [0.15, 0.2) is 0 Å². The van der Waals surface area contributed by atoms with Crippen LogP contribution in [0.4, 0.5) is 0 Å². The van der Waals surface area contributed by atoms with E-state index >= 15 is 0 Å². The number of nitrogens with zero attached hydrogens (tertiary/aromatic N) is 1. The molecule has 0 aliphatic heterocycles. The number of hydrogen-bond acceptors (Lipinski definition) is 4.